The van der Waals surface area contributed by atoms with E-state index in [1.807, 2.05) is 0 Å². The van der Waals surface area contributed by atoms with E-state index in [0.717, 1.165) is 74.5 Å². The number of unbranched alkanes of at least 4 members (excludes halogenated alkanes) is 1. The molecule has 304 valence electrons. The van der Waals surface area contributed by atoms with Crippen LogP contribution in [0, 0.1) is 40.4 Å². The molecule has 0 spiro atoms. The highest BCUT2D eigenvalue weighted by Gasteiger charge is 2.58. The molecule has 0 radical (unpaired) electrons. The number of fused-ring (bicyclic) bond motifs is 5. The van der Waals surface area contributed by atoms with Crippen LogP contribution in [0.2, 0.25) is 0 Å². The standard InChI is InChI=1S/C39H66ClN4O5P.CH3ClO/c1-26(2)9-5-6-10-27-14-16-31-30-15-13-28-25-29(19-21-39(28,4)32(30)20-22-38(27,31)3)48-37(47)43-24-23-42-35(45)17-18-36(46)49-50(40)44-34-12-8-7-11-33(34)41;2-1-3/h13,26-27,29-34,44H,5-12,14-25,41H2,1-4H3,(H,42,45)(H,43,47);3H,1H2/t27?,29?,30?,31?,32?,33-,34?,38?,39?,50?;/m0./s1. The Labute approximate surface area is 330 Å². The first-order valence-electron chi connectivity index (χ1n) is 20.6. The summed E-state index contributed by atoms with van der Waals surface area (Å²) in [5.41, 5.74) is 8.37. The number of allylic oxidation sites excluding steroid dienone is 1. The number of rotatable bonds is 15. The molecule has 6 N–H and O–H groups in total. The summed E-state index contributed by atoms with van der Waals surface area (Å²) in [5, 5.41) is 16.0. The predicted octanol–water partition coefficient (Wildman–Crippen LogP) is 8.82. The monoisotopic (exact) mass is 802 g/mol. The Bertz CT molecular complexity index is 1230. The highest BCUT2D eigenvalue weighted by molar-refractivity contribution is 7.78. The fourth-order valence-corrected chi connectivity index (χ4v) is 12.2. The number of amides is 2. The average molecular weight is 804 g/mol. The quantitative estimate of drug-likeness (QED) is 0.0477. The van der Waals surface area contributed by atoms with Gasteiger partial charge in [0.15, 0.2) is 0 Å². The molecule has 5 aliphatic carbocycles. The molecule has 4 fully saturated rings. The van der Waals surface area contributed by atoms with Crippen molar-refractivity contribution in [2.45, 2.75) is 161 Å². The number of carbonyl (C=O) groups is 3. The molecule has 0 aromatic rings. The van der Waals surface area contributed by atoms with Crippen LogP contribution in [0.1, 0.15) is 143 Å². The van der Waals surface area contributed by atoms with Crippen LogP contribution in [-0.4, -0.2) is 60.4 Å². The Kier molecular flexibility index (Phi) is 18.0. The van der Waals surface area contributed by atoms with E-state index >= 15 is 0 Å². The average Bonchev–Trinajstić information content (AvgIpc) is 3.45. The van der Waals surface area contributed by atoms with Crippen LogP contribution in [0.4, 0.5) is 4.79 Å². The zero-order chi connectivity index (χ0) is 38.6. The summed E-state index contributed by atoms with van der Waals surface area (Å²) in [7, 11) is -1.65. The molecule has 0 heterocycles. The lowest BCUT2D eigenvalue weighted by Crippen LogP contribution is -2.50. The molecule has 10 nitrogen and oxygen atoms in total. The summed E-state index contributed by atoms with van der Waals surface area (Å²) in [5.74, 6) is 3.30. The minimum Gasteiger partial charge on any atom is -0.446 e. The maximum Gasteiger partial charge on any atom is 0.407 e. The van der Waals surface area contributed by atoms with Gasteiger partial charge < -0.3 is 30.7 Å². The molecular formula is C40H69Cl2N4O6P. The molecule has 13 heteroatoms. The minimum absolute atomic E-state index is 0.00587. The van der Waals surface area contributed by atoms with Gasteiger partial charge in [-0.15, -0.1) is 0 Å². The van der Waals surface area contributed by atoms with Gasteiger partial charge in [0.05, 0.1) is 6.42 Å². The zero-order valence-corrected chi connectivity index (χ0v) is 35.2. The fraction of sp³-hybridized carbons (Fsp3) is 0.875. The number of ether oxygens (including phenoxy) is 1. The summed E-state index contributed by atoms with van der Waals surface area (Å²) >= 11 is 10.8. The summed E-state index contributed by atoms with van der Waals surface area (Å²) in [6, 6.07) is -0.230. The molecule has 5 rings (SSSR count). The SMILES string of the molecule is CC(C)CCCCC1CCC2C3CC=C4CC(OC(=O)NCCNC(=O)CCC(=O)OP(Cl)NC5CCCC[C@@H]5N)CCC4(C)C3CCC12C.OCCl. The lowest BCUT2D eigenvalue weighted by molar-refractivity contribution is -0.135. The van der Waals surface area contributed by atoms with E-state index in [1.165, 1.54) is 63.4 Å². The van der Waals surface area contributed by atoms with E-state index < -0.39 is 19.7 Å². The van der Waals surface area contributed by atoms with Gasteiger partial charge in [-0.1, -0.05) is 83.0 Å². The van der Waals surface area contributed by atoms with Crippen LogP contribution in [0.3, 0.4) is 0 Å². The number of alkyl halides is 1. The highest BCUT2D eigenvalue weighted by Crippen LogP contribution is 2.66. The van der Waals surface area contributed by atoms with E-state index in [0.29, 0.717) is 5.41 Å². The Morgan fingerprint density at radius 1 is 1.00 bits per heavy atom. The third-order valence-corrected chi connectivity index (χ3v) is 15.1. The van der Waals surface area contributed by atoms with Crippen LogP contribution in [-0.2, 0) is 18.8 Å². The van der Waals surface area contributed by atoms with Crippen LogP contribution >= 0.6 is 30.5 Å². The third kappa shape index (κ3) is 12.4. The van der Waals surface area contributed by atoms with Gasteiger partial charge in [0.25, 0.3) is 7.65 Å². The molecule has 4 saturated carbocycles. The number of aliphatic hydroxyl groups is 1. The second kappa shape index (κ2) is 21.4. The molecule has 0 aromatic carbocycles. The maximum atomic E-state index is 12.7. The molecule has 10 atom stereocenters. The van der Waals surface area contributed by atoms with Gasteiger partial charge >= 0.3 is 12.1 Å². The lowest BCUT2D eigenvalue weighted by Gasteiger charge is -2.58. The minimum atomic E-state index is -1.65. The van der Waals surface area contributed by atoms with E-state index in [-0.39, 0.29) is 61.5 Å². The number of alkyl carbamates (subject to hydrolysis) is 1. The normalized spacial score (nSPS) is 33.9. The number of carbonyl (C=O) groups excluding carboxylic acids is 3. The number of nitrogens with two attached hydrogens (primary N) is 1. The van der Waals surface area contributed by atoms with Crippen molar-refractivity contribution >= 4 is 48.5 Å². The first-order chi connectivity index (χ1) is 25.3. The first kappa shape index (κ1) is 44.6. The molecule has 0 saturated heterocycles. The van der Waals surface area contributed by atoms with Crippen LogP contribution in [0.15, 0.2) is 11.6 Å². The molecule has 2 amide bonds. The number of halogens is 2. The van der Waals surface area contributed by atoms with E-state index in [4.69, 9.17) is 31.3 Å². The van der Waals surface area contributed by atoms with Gasteiger partial charge in [-0.05, 0) is 116 Å². The Balaban J connectivity index is 0.00000202. The van der Waals surface area contributed by atoms with Crippen molar-refractivity contribution in [1.29, 1.82) is 0 Å². The molecule has 9 unspecified atom stereocenters. The molecule has 0 aromatic heterocycles. The number of aliphatic hydroxyl groups excluding tert-OH is 1. The number of hydrogen-bond acceptors (Lipinski definition) is 8. The second-order valence-electron chi connectivity index (χ2n) is 17.3. The Morgan fingerprint density at radius 3 is 2.47 bits per heavy atom. The molecular weight excluding hydrogens is 734 g/mol. The van der Waals surface area contributed by atoms with Gasteiger partial charge in [-0.2, -0.15) is 0 Å². The molecule has 53 heavy (non-hydrogen) atoms. The predicted molar refractivity (Wildman–Crippen MR) is 214 cm³/mol. The lowest BCUT2D eigenvalue weighted by atomic mass is 9.47. The second-order valence-corrected chi connectivity index (χ2v) is 19.4. The maximum absolute atomic E-state index is 12.7. The molecule has 0 bridgehead atoms. The molecule has 0 aliphatic heterocycles. The summed E-state index contributed by atoms with van der Waals surface area (Å²) in [6.07, 6.45) is 21.0. The van der Waals surface area contributed by atoms with Crippen LogP contribution in [0.25, 0.3) is 0 Å². The summed E-state index contributed by atoms with van der Waals surface area (Å²) in [4.78, 5) is 37.1. The largest absolute Gasteiger partial charge is 0.446 e. The van der Waals surface area contributed by atoms with Gasteiger partial charge in [0.2, 0.25) is 5.91 Å². The van der Waals surface area contributed by atoms with Crippen molar-refractivity contribution in [3.63, 3.8) is 0 Å². The Hall–Kier alpha value is -1.16. The molecule has 5 aliphatic rings. The summed E-state index contributed by atoms with van der Waals surface area (Å²) < 4.78 is 11.1. The fourth-order valence-electron chi connectivity index (χ4n) is 10.7. The van der Waals surface area contributed by atoms with Gasteiger partial charge in [-0.3, -0.25) is 9.59 Å². The topological polar surface area (TPSA) is 152 Å². The van der Waals surface area contributed by atoms with Crippen molar-refractivity contribution in [3.05, 3.63) is 11.6 Å². The number of nitrogens with one attached hydrogen (secondary N) is 3. The van der Waals surface area contributed by atoms with E-state index in [1.54, 1.807) is 0 Å². The van der Waals surface area contributed by atoms with Crippen molar-refractivity contribution in [3.8, 4) is 0 Å². The van der Waals surface area contributed by atoms with Crippen LogP contribution < -0.4 is 21.5 Å². The van der Waals surface area contributed by atoms with Crippen molar-refractivity contribution in [1.82, 2.24) is 15.7 Å². The van der Waals surface area contributed by atoms with E-state index in [9.17, 15) is 14.4 Å². The van der Waals surface area contributed by atoms with Crippen molar-refractivity contribution < 1.29 is 28.8 Å². The van der Waals surface area contributed by atoms with Gasteiger partial charge in [0.1, 0.15) is 12.2 Å². The van der Waals surface area contributed by atoms with Gasteiger partial charge in [0, 0.05) is 38.0 Å². The number of hydrogen-bond donors (Lipinski definition) is 5. The summed E-state index contributed by atoms with van der Waals surface area (Å²) in [6.45, 7) is 10.3. The zero-order valence-electron chi connectivity index (χ0n) is 32.8. The van der Waals surface area contributed by atoms with Crippen molar-refractivity contribution in [2.75, 3.05) is 19.2 Å². The van der Waals surface area contributed by atoms with Crippen molar-refractivity contribution in [2.24, 2.45) is 46.2 Å². The first-order valence-corrected chi connectivity index (χ1v) is 23.3. The smallest absolute Gasteiger partial charge is 0.407 e. The van der Waals surface area contributed by atoms with E-state index in [2.05, 4.69) is 61.1 Å². The van der Waals surface area contributed by atoms with Gasteiger partial charge in [-0.25, -0.2) is 9.88 Å². The Morgan fingerprint density at radius 2 is 1.74 bits per heavy atom. The van der Waals surface area contributed by atoms with Crippen LogP contribution in [0.5, 0.6) is 0 Å². The highest BCUT2D eigenvalue weighted by atomic mass is 35.7. The third-order valence-electron chi connectivity index (χ3n) is 13.7.